The third kappa shape index (κ3) is 3.69. The number of hydrogen-bond donors (Lipinski definition) is 1. The van der Waals surface area contributed by atoms with Crippen molar-refractivity contribution in [2.24, 2.45) is 0 Å². The van der Waals surface area contributed by atoms with Gasteiger partial charge in [0.15, 0.2) is 6.61 Å². The highest BCUT2D eigenvalue weighted by Crippen LogP contribution is 2.29. The maximum Gasteiger partial charge on any atom is 0.258 e. The van der Waals surface area contributed by atoms with E-state index in [2.05, 4.69) is 39.4 Å². The summed E-state index contributed by atoms with van der Waals surface area (Å²) in [5.74, 6) is 0.607. The number of nitrogens with one attached hydrogen (secondary N) is 1. The summed E-state index contributed by atoms with van der Waals surface area (Å²) in [7, 11) is 0. The molecule has 4 heteroatoms. The summed E-state index contributed by atoms with van der Waals surface area (Å²) in [5.41, 5.74) is 2.58. The van der Waals surface area contributed by atoms with Crippen LogP contribution in [0.1, 0.15) is 30.0 Å². The van der Waals surface area contributed by atoms with Crippen molar-refractivity contribution in [2.75, 3.05) is 6.61 Å². The van der Waals surface area contributed by atoms with Crippen molar-refractivity contribution >= 4 is 21.8 Å². The summed E-state index contributed by atoms with van der Waals surface area (Å²) in [6.07, 6.45) is 3.19. The quantitative estimate of drug-likeness (QED) is 0.894. The molecule has 0 radical (unpaired) electrons. The Morgan fingerprint density at radius 1 is 1.23 bits per heavy atom. The van der Waals surface area contributed by atoms with E-state index in [0.29, 0.717) is 5.75 Å². The molecule has 0 unspecified atom stereocenters. The molecule has 114 valence electrons. The molecule has 1 N–H and O–H groups in total. The zero-order valence-electron chi connectivity index (χ0n) is 12.2. The first kappa shape index (κ1) is 15.1. The third-order valence-electron chi connectivity index (χ3n) is 3.87. The molecule has 0 saturated heterocycles. The van der Waals surface area contributed by atoms with Crippen LogP contribution in [0.3, 0.4) is 0 Å². The predicted molar refractivity (Wildman–Crippen MR) is 89.9 cm³/mol. The van der Waals surface area contributed by atoms with Crippen molar-refractivity contribution in [3.63, 3.8) is 0 Å². The van der Waals surface area contributed by atoms with Crippen LogP contribution in [0.5, 0.6) is 5.75 Å². The first-order chi connectivity index (χ1) is 10.7. The highest BCUT2D eigenvalue weighted by Gasteiger charge is 2.21. The molecule has 0 aliphatic heterocycles. The van der Waals surface area contributed by atoms with Gasteiger partial charge in [-0.25, -0.2) is 0 Å². The van der Waals surface area contributed by atoms with Gasteiger partial charge in [-0.05, 0) is 48.6 Å². The van der Waals surface area contributed by atoms with Crippen LogP contribution in [0.2, 0.25) is 0 Å². The molecule has 2 aromatic carbocycles. The van der Waals surface area contributed by atoms with Gasteiger partial charge in [-0.1, -0.05) is 46.3 Å². The second-order valence-electron chi connectivity index (χ2n) is 5.46. The predicted octanol–water partition coefficient (Wildman–Crippen LogP) is 4.02. The van der Waals surface area contributed by atoms with E-state index in [-0.39, 0.29) is 18.6 Å². The number of ether oxygens (including phenoxy) is 1. The number of halogens is 1. The molecule has 1 atom stereocenters. The fourth-order valence-corrected chi connectivity index (χ4v) is 3.22. The molecule has 1 amide bonds. The molecular formula is C18H18BrNO2. The number of carbonyl (C=O) groups excluding carboxylic acids is 1. The Bertz CT molecular complexity index is 672. The van der Waals surface area contributed by atoms with Gasteiger partial charge in [0.2, 0.25) is 0 Å². The van der Waals surface area contributed by atoms with Crippen molar-refractivity contribution in [2.45, 2.75) is 25.3 Å². The molecule has 0 fully saturated rings. The lowest BCUT2D eigenvalue weighted by Crippen LogP contribution is -2.34. The maximum atomic E-state index is 12.1. The minimum absolute atomic E-state index is 0.0368. The molecule has 0 spiro atoms. The average molecular weight is 360 g/mol. The van der Waals surface area contributed by atoms with Crippen LogP contribution < -0.4 is 10.1 Å². The highest BCUT2D eigenvalue weighted by molar-refractivity contribution is 9.10. The number of fused-ring (bicyclic) bond motifs is 1. The Morgan fingerprint density at radius 2 is 2.09 bits per heavy atom. The smallest absolute Gasteiger partial charge is 0.258 e. The molecule has 2 aromatic rings. The minimum atomic E-state index is -0.0818. The van der Waals surface area contributed by atoms with Crippen molar-refractivity contribution in [1.29, 1.82) is 0 Å². The number of carbonyl (C=O) groups is 1. The molecule has 22 heavy (non-hydrogen) atoms. The fraction of sp³-hybridized carbons (Fsp3) is 0.278. The molecule has 0 bridgehead atoms. The van der Waals surface area contributed by atoms with Crippen LogP contribution in [0.15, 0.2) is 53.0 Å². The monoisotopic (exact) mass is 359 g/mol. The molecule has 0 aromatic heterocycles. The van der Waals surface area contributed by atoms with E-state index < -0.39 is 0 Å². The van der Waals surface area contributed by atoms with Crippen LogP contribution in [0.25, 0.3) is 0 Å². The van der Waals surface area contributed by atoms with Crippen molar-refractivity contribution in [3.8, 4) is 5.75 Å². The number of rotatable bonds is 4. The summed E-state index contributed by atoms with van der Waals surface area (Å²) in [5, 5.41) is 3.08. The Balaban J connectivity index is 1.59. The largest absolute Gasteiger partial charge is 0.484 e. The van der Waals surface area contributed by atoms with Gasteiger partial charge in [0.1, 0.15) is 5.75 Å². The van der Waals surface area contributed by atoms with E-state index in [4.69, 9.17) is 4.74 Å². The first-order valence-corrected chi connectivity index (χ1v) is 8.27. The average Bonchev–Trinajstić information content (AvgIpc) is 2.53. The third-order valence-corrected chi connectivity index (χ3v) is 4.36. The summed E-state index contributed by atoms with van der Waals surface area (Å²) in [4.78, 5) is 12.1. The Morgan fingerprint density at radius 3 is 2.95 bits per heavy atom. The van der Waals surface area contributed by atoms with Gasteiger partial charge in [-0.15, -0.1) is 0 Å². The van der Waals surface area contributed by atoms with Gasteiger partial charge in [-0.3, -0.25) is 4.79 Å². The second kappa shape index (κ2) is 6.97. The van der Waals surface area contributed by atoms with Crippen LogP contribution in [0.4, 0.5) is 0 Å². The molecule has 3 rings (SSSR count). The lowest BCUT2D eigenvalue weighted by molar-refractivity contribution is -0.123. The number of hydrogen-bond acceptors (Lipinski definition) is 2. The van der Waals surface area contributed by atoms with Crippen LogP contribution in [0, 0.1) is 0 Å². The van der Waals surface area contributed by atoms with Crippen molar-refractivity contribution in [1.82, 2.24) is 5.32 Å². The Kier molecular flexibility index (Phi) is 4.78. The van der Waals surface area contributed by atoms with E-state index >= 15 is 0 Å². The van der Waals surface area contributed by atoms with Crippen molar-refractivity contribution < 1.29 is 9.53 Å². The van der Waals surface area contributed by atoms with Gasteiger partial charge in [-0.2, -0.15) is 0 Å². The summed E-state index contributed by atoms with van der Waals surface area (Å²) in [6.45, 7) is 0.0368. The molecular weight excluding hydrogens is 342 g/mol. The second-order valence-corrected chi connectivity index (χ2v) is 6.37. The van der Waals surface area contributed by atoms with Gasteiger partial charge < -0.3 is 10.1 Å². The molecule has 1 aliphatic carbocycles. The lowest BCUT2D eigenvalue weighted by Gasteiger charge is -2.26. The molecule has 3 nitrogen and oxygen atoms in total. The van der Waals surface area contributed by atoms with E-state index in [1.807, 2.05) is 30.3 Å². The topological polar surface area (TPSA) is 38.3 Å². The first-order valence-electron chi connectivity index (χ1n) is 7.48. The summed E-state index contributed by atoms with van der Waals surface area (Å²) < 4.78 is 6.47. The van der Waals surface area contributed by atoms with Crippen LogP contribution in [-0.4, -0.2) is 12.5 Å². The summed E-state index contributed by atoms with van der Waals surface area (Å²) >= 11 is 3.39. The van der Waals surface area contributed by atoms with Crippen LogP contribution in [-0.2, 0) is 11.2 Å². The van der Waals surface area contributed by atoms with E-state index in [1.54, 1.807) is 0 Å². The number of aryl methyl sites for hydroxylation is 1. The standard InChI is InChI=1S/C18H18BrNO2/c19-14-7-4-8-15(11-14)22-12-18(21)20-17-10-3-6-13-5-1-2-9-16(13)17/h1-2,4-5,7-9,11,17H,3,6,10,12H2,(H,20,21)/t17-/m1/s1. The lowest BCUT2D eigenvalue weighted by atomic mass is 9.88. The zero-order valence-corrected chi connectivity index (χ0v) is 13.8. The minimum Gasteiger partial charge on any atom is -0.484 e. The Labute approximate surface area is 138 Å². The normalized spacial score (nSPS) is 16.7. The molecule has 0 heterocycles. The van der Waals surface area contributed by atoms with E-state index in [0.717, 1.165) is 23.7 Å². The van der Waals surface area contributed by atoms with Crippen LogP contribution >= 0.6 is 15.9 Å². The summed E-state index contributed by atoms with van der Waals surface area (Å²) in [6, 6.07) is 15.9. The molecule has 1 aliphatic rings. The zero-order chi connectivity index (χ0) is 15.4. The van der Waals surface area contributed by atoms with Gasteiger partial charge >= 0.3 is 0 Å². The maximum absolute atomic E-state index is 12.1. The highest BCUT2D eigenvalue weighted by atomic mass is 79.9. The van der Waals surface area contributed by atoms with Gasteiger partial charge in [0.25, 0.3) is 5.91 Å². The van der Waals surface area contributed by atoms with E-state index in [1.165, 1.54) is 11.1 Å². The molecule has 0 saturated carbocycles. The van der Waals surface area contributed by atoms with E-state index in [9.17, 15) is 4.79 Å². The SMILES string of the molecule is O=C(COc1cccc(Br)c1)N[C@@H]1CCCc2ccccc21. The van der Waals surface area contributed by atoms with Crippen molar-refractivity contribution in [3.05, 3.63) is 64.1 Å². The number of amides is 1. The fourth-order valence-electron chi connectivity index (χ4n) is 2.85. The van der Waals surface area contributed by atoms with Gasteiger partial charge in [0, 0.05) is 4.47 Å². The van der Waals surface area contributed by atoms with Gasteiger partial charge in [0.05, 0.1) is 6.04 Å². The number of benzene rings is 2. The Hall–Kier alpha value is -1.81.